The molecule has 6 nitrogen and oxygen atoms in total. The molecule has 24 heavy (non-hydrogen) atoms. The first-order valence-corrected chi connectivity index (χ1v) is 7.92. The fourth-order valence-electron chi connectivity index (χ4n) is 2.99. The van der Waals surface area contributed by atoms with Crippen LogP contribution in [0.15, 0.2) is 23.5 Å². The van der Waals surface area contributed by atoms with Gasteiger partial charge >= 0.3 is 0 Å². The Kier molecular flexibility index (Phi) is 4.02. The topological polar surface area (TPSA) is 87.4 Å². The number of aromatic amines is 1. The quantitative estimate of drug-likeness (QED) is 0.844. The number of amides is 1. The first-order valence-electron chi connectivity index (χ1n) is 7.92. The SMILES string of the molecule is CC#Cc1cnc2[nH]cc(CC[C@]3(C)CC(=O)N(C)C(N)=N3)c2c1. The molecule has 3 rings (SSSR count). The standard InChI is InChI=1S/C18H21N5O/c1-4-5-12-8-14-13(11-21-16(14)20-10-12)6-7-18(2)9-15(24)23(3)17(19)22-18/h8,10-11H,6-7,9H2,1-3H3,(H2,19,22)(H,20,21)/t18-/m1/s1. The van der Waals surface area contributed by atoms with E-state index in [0.717, 1.165) is 35.0 Å². The summed E-state index contributed by atoms with van der Waals surface area (Å²) in [5, 5.41) is 1.06. The largest absolute Gasteiger partial charge is 0.369 e. The Bertz CT molecular complexity index is 886. The summed E-state index contributed by atoms with van der Waals surface area (Å²) < 4.78 is 0. The van der Waals surface area contributed by atoms with Gasteiger partial charge in [-0.25, -0.2) is 9.98 Å². The number of nitrogens with one attached hydrogen (secondary N) is 1. The number of aliphatic imine (C=N–C) groups is 1. The number of carbonyl (C=O) groups is 1. The van der Waals surface area contributed by atoms with E-state index in [4.69, 9.17) is 5.73 Å². The van der Waals surface area contributed by atoms with Crippen molar-refractivity contribution in [1.29, 1.82) is 0 Å². The molecule has 3 heterocycles. The molecule has 0 fully saturated rings. The van der Waals surface area contributed by atoms with Crippen molar-refractivity contribution < 1.29 is 4.79 Å². The molecule has 1 atom stereocenters. The van der Waals surface area contributed by atoms with Crippen LogP contribution in [0, 0.1) is 11.8 Å². The predicted octanol–water partition coefficient (Wildman–Crippen LogP) is 1.80. The number of rotatable bonds is 3. The van der Waals surface area contributed by atoms with Gasteiger partial charge in [0.15, 0.2) is 5.96 Å². The Labute approximate surface area is 141 Å². The normalized spacial score (nSPS) is 20.7. The Balaban J connectivity index is 1.84. The number of fused-ring (bicyclic) bond motifs is 1. The van der Waals surface area contributed by atoms with Gasteiger partial charge in [0.25, 0.3) is 0 Å². The smallest absolute Gasteiger partial charge is 0.231 e. The summed E-state index contributed by atoms with van der Waals surface area (Å²) in [4.78, 5) is 25.6. The van der Waals surface area contributed by atoms with Crippen molar-refractivity contribution in [2.75, 3.05) is 7.05 Å². The van der Waals surface area contributed by atoms with E-state index in [9.17, 15) is 4.79 Å². The molecule has 0 spiro atoms. The minimum atomic E-state index is -0.467. The van der Waals surface area contributed by atoms with Gasteiger partial charge in [-0.15, -0.1) is 5.92 Å². The van der Waals surface area contributed by atoms with E-state index in [2.05, 4.69) is 26.8 Å². The Hall–Kier alpha value is -2.81. The summed E-state index contributed by atoms with van der Waals surface area (Å²) in [5.74, 6) is 6.21. The fourth-order valence-corrected chi connectivity index (χ4v) is 2.99. The zero-order valence-electron chi connectivity index (χ0n) is 14.2. The highest BCUT2D eigenvalue weighted by molar-refractivity contribution is 5.98. The van der Waals surface area contributed by atoms with Crippen molar-refractivity contribution in [1.82, 2.24) is 14.9 Å². The van der Waals surface area contributed by atoms with Gasteiger partial charge in [-0.2, -0.15) is 0 Å². The third kappa shape index (κ3) is 2.98. The lowest BCUT2D eigenvalue weighted by Crippen LogP contribution is -2.48. The van der Waals surface area contributed by atoms with Crippen LogP contribution >= 0.6 is 0 Å². The van der Waals surface area contributed by atoms with Gasteiger partial charge in [0.1, 0.15) is 5.65 Å². The van der Waals surface area contributed by atoms with Gasteiger partial charge in [-0.3, -0.25) is 9.69 Å². The van der Waals surface area contributed by atoms with Crippen molar-refractivity contribution in [3.8, 4) is 11.8 Å². The van der Waals surface area contributed by atoms with E-state index in [1.807, 2.05) is 26.1 Å². The second-order valence-electron chi connectivity index (χ2n) is 6.41. The lowest BCUT2D eigenvalue weighted by atomic mass is 9.89. The zero-order valence-corrected chi connectivity index (χ0v) is 14.2. The monoisotopic (exact) mass is 323 g/mol. The number of guanidine groups is 1. The summed E-state index contributed by atoms with van der Waals surface area (Å²) in [6.07, 6.45) is 5.63. The summed E-state index contributed by atoms with van der Waals surface area (Å²) in [5.41, 5.74) is 8.29. The summed E-state index contributed by atoms with van der Waals surface area (Å²) in [6.45, 7) is 3.79. The first kappa shape index (κ1) is 16.1. The van der Waals surface area contributed by atoms with Crippen LogP contribution in [0.4, 0.5) is 0 Å². The number of nitrogens with two attached hydrogens (primary N) is 1. The van der Waals surface area contributed by atoms with Gasteiger partial charge in [0.05, 0.1) is 12.0 Å². The molecule has 1 amide bonds. The first-order chi connectivity index (χ1) is 11.4. The maximum atomic E-state index is 12.0. The molecule has 0 bridgehead atoms. The predicted molar refractivity (Wildman–Crippen MR) is 94.4 cm³/mol. The maximum absolute atomic E-state index is 12.0. The second-order valence-corrected chi connectivity index (χ2v) is 6.41. The molecule has 3 N–H and O–H groups in total. The van der Waals surface area contributed by atoms with E-state index >= 15 is 0 Å². The number of nitrogens with zero attached hydrogens (tertiary/aromatic N) is 3. The number of hydrogen-bond acceptors (Lipinski definition) is 4. The van der Waals surface area contributed by atoms with E-state index in [-0.39, 0.29) is 11.9 Å². The third-order valence-electron chi connectivity index (χ3n) is 4.45. The lowest BCUT2D eigenvalue weighted by molar-refractivity contribution is -0.128. The number of aryl methyl sites for hydroxylation is 1. The molecule has 0 aromatic carbocycles. The molecule has 0 unspecified atom stereocenters. The highest BCUT2D eigenvalue weighted by Crippen LogP contribution is 2.28. The lowest BCUT2D eigenvalue weighted by Gasteiger charge is -2.33. The Morgan fingerprint density at radius 1 is 1.50 bits per heavy atom. The number of aromatic nitrogens is 2. The van der Waals surface area contributed by atoms with Gasteiger partial charge in [-0.05, 0) is 38.3 Å². The molecule has 2 aromatic rings. The van der Waals surface area contributed by atoms with Crippen molar-refractivity contribution in [2.45, 2.75) is 38.6 Å². The van der Waals surface area contributed by atoms with Crippen LogP contribution in [0.2, 0.25) is 0 Å². The third-order valence-corrected chi connectivity index (χ3v) is 4.45. The van der Waals surface area contributed by atoms with Crippen LogP contribution in [0.3, 0.4) is 0 Å². The number of pyridine rings is 1. The van der Waals surface area contributed by atoms with Crippen molar-refractivity contribution >= 4 is 22.9 Å². The summed E-state index contributed by atoms with van der Waals surface area (Å²) in [6, 6.07) is 2.05. The van der Waals surface area contributed by atoms with E-state index in [0.29, 0.717) is 6.42 Å². The van der Waals surface area contributed by atoms with Crippen LogP contribution in [-0.4, -0.2) is 39.3 Å². The molecule has 6 heteroatoms. The average Bonchev–Trinajstić information content (AvgIpc) is 2.93. The molecule has 0 radical (unpaired) electrons. The minimum absolute atomic E-state index is 0.00565. The number of H-pyrrole nitrogens is 1. The molecule has 124 valence electrons. The maximum Gasteiger partial charge on any atom is 0.231 e. The molecule has 1 aliphatic heterocycles. The second kappa shape index (κ2) is 6.00. The van der Waals surface area contributed by atoms with Crippen LogP contribution in [0.5, 0.6) is 0 Å². The van der Waals surface area contributed by atoms with Crippen LogP contribution in [0.1, 0.15) is 37.8 Å². The molecule has 0 aliphatic carbocycles. The van der Waals surface area contributed by atoms with E-state index in [1.54, 1.807) is 13.2 Å². The van der Waals surface area contributed by atoms with E-state index < -0.39 is 5.54 Å². The molecule has 0 saturated heterocycles. The van der Waals surface area contributed by atoms with Gasteiger partial charge < -0.3 is 10.7 Å². The highest BCUT2D eigenvalue weighted by atomic mass is 16.2. The van der Waals surface area contributed by atoms with Crippen LogP contribution in [-0.2, 0) is 11.2 Å². The van der Waals surface area contributed by atoms with E-state index in [1.165, 1.54) is 4.90 Å². The number of carbonyl (C=O) groups excluding carboxylic acids is 1. The highest BCUT2D eigenvalue weighted by Gasteiger charge is 2.34. The fraction of sp³-hybridized carbons (Fsp3) is 0.389. The van der Waals surface area contributed by atoms with Crippen LogP contribution in [0.25, 0.3) is 11.0 Å². The molecular formula is C18H21N5O. The summed E-state index contributed by atoms with van der Waals surface area (Å²) >= 11 is 0. The molecule has 2 aromatic heterocycles. The van der Waals surface area contributed by atoms with Crippen LogP contribution < -0.4 is 5.73 Å². The summed E-state index contributed by atoms with van der Waals surface area (Å²) in [7, 11) is 1.66. The van der Waals surface area contributed by atoms with Crippen molar-refractivity contribution in [3.63, 3.8) is 0 Å². The number of hydrogen-bond donors (Lipinski definition) is 2. The molecule has 1 aliphatic rings. The van der Waals surface area contributed by atoms with Gasteiger partial charge in [0, 0.05) is 30.4 Å². The molecular weight excluding hydrogens is 302 g/mol. The van der Waals surface area contributed by atoms with Gasteiger partial charge in [-0.1, -0.05) is 5.92 Å². The minimum Gasteiger partial charge on any atom is -0.369 e. The van der Waals surface area contributed by atoms with Crippen molar-refractivity contribution in [2.24, 2.45) is 10.7 Å². The Morgan fingerprint density at radius 3 is 3.00 bits per heavy atom. The molecule has 0 saturated carbocycles. The Morgan fingerprint density at radius 2 is 2.29 bits per heavy atom. The van der Waals surface area contributed by atoms with Crippen molar-refractivity contribution in [3.05, 3.63) is 29.6 Å². The van der Waals surface area contributed by atoms with Gasteiger partial charge in [0.2, 0.25) is 5.91 Å². The average molecular weight is 323 g/mol. The zero-order chi connectivity index (χ0) is 17.3.